The minimum Gasteiger partial charge on any atom is -0.461 e. The van der Waals surface area contributed by atoms with Gasteiger partial charge in [0.2, 0.25) is 0 Å². The summed E-state index contributed by atoms with van der Waals surface area (Å²) in [6.45, 7) is 1.79. The van der Waals surface area contributed by atoms with Gasteiger partial charge < -0.3 is 4.21 Å². The Morgan fingerprint density at radius 3 is 2.83 bits per heavy atom. The van der Waals surface area contributed by atoms with Gasteiger partial charge in [-0.25, -0.2) is 0 Å². The summed E-state index contributed by atoms with van der Waals surface area (Å²) in [6, 6.07) is 0. The molecule has 0 heterocycles. The highest BCUT2D eigenvalue weighted by Crippen LogP contribution is 2.38. The maximum atomic E-state index is 11.2. The molecule has 0 fully saturated rings. The zero-order valence-electron chi connectivity index (χ0n) is 6.85. The number of hydrogen-bond donors (Lipinski definition) is 0. The van der Waals surface area contributed by atoms with Crippen molar-refractivity contribution in [3.05, 3.63) is 11.1 Å². The van der Waals surface area contributed by atoms with Crippen LogP contribution in [0.15, 0.2) is 11.1 Å². The lowest BCUT2D eigenvalue weighted by atomic mass is 9.96. The summed E-state index contributed by atoms with van der Waals surface area (Å²) in [7, 11) is -1.15. The van der Waals surface area contributed by atoms with Crippen molar-refractivity contribution >= 4 is 39.5 Å². The normalized spacial score (nSPS) is 36.7. The zero-order chi connectivity index (χ0) is 9.35. The Hall–Kier alpha value is 0.340. The first-order valence-corrected chi connectivity index (χ1v) is 5.85. The number of halogens is 2. The molecule has 0 radical (unpaired) electrons. The minimum absolute atomic E-state index is 0.128. The summed E-state index contributed by atoms with van der Waals surface area (Å²) in [5.41, 5.74) is 0. The first-order valence-electron chi connectivity index (χ1n) is 3.71. The van der Waals surface area contributed by atoms with Gasteiger partial charge in [-0.15, -0.1) is 11.6 Å². The molecule has 0 aromatic carbocycles. The summed E-state index contributed by atoms with van der Waals surface area (Å²) < 4.78 is 11.2. The van der Waals surface area contributed by atoms with Gasteiger partial charge in [0.1, 0.15) is 0 Å². The summed E-state index contributed by atoms with van der Waals surface area (Å²) in [5, 5.41) is 0.467. The van der Waals surface area contributed by atoms with Gasteiger partial charge in [-0.1, -0.05) is 29.3 Å². The maximum Gasteiger partial charge on any atom is 0.0635 e. The van der Waals surface area contributed by atoms with Crippen LogP contribution >= 0.6 is 23.2 Å². The second-order valence-electron chi connectivity index (χ2n) is 3.07. The molecular weight excluding hydrogens is 215 g/mol. The molecule has 1 nitrogen and oxygen atoms in total. The molecule has 0 saturated heterocycles. The van der Waals surface area contributed by atoms with Crippen LogP contribution in [0.4, 0.5) is 0 Å². The van der Waals surface area contributed by atoms with Crippen molar-refractivity contribution in [2.45, 2.75) is 29.9 Å². The fourth-order valence-corrected chi connectivity index (χ4v) is 3.17. The molecule has 2 atom stereocenters. The second kappa shape index (κ2) is 3.60. The Labute approximate surface area is 84.8 Å². The molecule has 0 aromatic rings. The quantitative estimate of drug-likeness (QED) is 0.381. The highest BCUT2D eigenvalue weighted by molar-refractivity contribution is 7.83. The molecule has 0 spiro atoms. The van der Waals surface area contributed by atoms with Crippen LogP contribution in [0.25, 0.3) is 0 Å². The molecule has 0 amide bonds. The first kappa shape index (κ1) is 10.4. The Balaban J connectivity index is 3.01. The average molecular weight is 226 g/mol. The van der Waals surface area contributed by atoms with E-state index < -0.39 is 15.3 Å². The van der Waals surface area contributed by atoms with Crippen LogP contribution in [0.3, 0.4) is 0 Å². The van der Waals surface area contributed by atoms with E-state index in [0.29, 0.717) is 5.03 Å². The second-order valence-corrected chi connectivity index (χ2v) is 5.60. The molecule has 2 unspecified atom stereocenters. The molecule has 0 bridgehead atoms. The summed E-state index contributed by atoms with van der Waals surface area (Å²) >= 11 is 12.1. The fourth-order valence-electron chi connectivity index (χ4n) is 1.36. The molecular formula is C8H11Cl2OS-. The van der Waals surface area contributed by atoms with E-state index in [-0.39, 0.29) is 5.25 Å². The first-order chi connectivity index (χ1) is 5.46. The van der Waals surface area contributed by atoms with Crippen LogP contribution in [0.2, 0.25) is 0 Å². The highest BCUT2D eigenvalue weighted by atomic mass is 35.5. The van der Waals surface area contributed by atoms with Gasteiger partial charge in [-0.3, -0.25) is 10.4 Å². The number of hydrogen-bond acceptors (Lipinski definition) is 2. The van der Waals surface area contributed by atoms with Gasteiger partial charge >= 0.3 is 0 Å². The molecule has 0 saturated carbocycles. The molecule has 0 aromatic heterocycles. The number of rotatable bonds is 1. The van der Waals surface area contributed by atoms with E-state index in [4.69, 9.17) is 23.2 Å². The van der Waals surface area contributed by atoms with Gasteiger partial charge in [0.25, 0.3) is 0 Å². The lowest BCUT2D eigenvalue weighted by molar-refractivity contribution is 0.564. The molecule has 1 aliphatic carbocycles. The monoisotopic (exact) mass is 225 g/mol. The largest absolute Gasteiger partial charge is 0.461 e. The van der Waals surface area contributed by atoms with E-state index in [1.165, 1.54) is 0 Å². The molecule has 4 heteroatoms. The van der Waals surface area contributed by atoms with Crippen molar-refractivity contribution in [2.24, 2.45) is 0 Å². The third kappa shape index (κ3) is 1.81. The average Bonchev–Trinajstić information content (AvgIpc) is 1.94. The van der Waals surface area contributed by atoms with Crippen LogP contribution in [0.1, 0.15) is 19.8 Å². The smallest absolute Gasteiger partial charge is 0.0635 e. The lowest BCUT2D eigenvalue weighted by Crippen LogP contribution is -2.37. The van der Waals surface area contributed by atoms with E-state index >= 15 is 0 Å². The van der Waals surface area contributed by atoms with Crippen LogP contribution in [-0.4, -0.2) is 16.0 Å². The number of alkyl halides is 1. The van der Waals surface area contributed by atoms with Crippen LogP contribution < -0.4 is 0 Å². The van der Waals surface area contributed by atoms with E-state index in [1.54, 1.807) is 6.92 Å². The predicted octanol–water partition coefficient (Wildman–Crippen LogP) is 2.66. The van der Waals surface area contributed by atoms with E-state index in [0.717, 1.165) is 12.8 Å². The molecule has 1 aliphatic rings. The summed E-state index contributed by atoms with van der Waals surface area (Å²) in [6.07, 6.45) is 3.53. The minimum atomic E-state index is -1.15. The fraction of sp³-hybridized carbons (Fsp3) is 0.625. The highest BCUT2D eigenvalue weighted by Gasteiger charge is 2.32. The van der Waals surface area contributed by atoms with Gasteiger partial charge in [0.05, 0.1) is 4.87 Å². The van der Waals surface area contributed by atoms with Crippen molar-refractivity contribution in [3.63, 3.8) is 0 Å². The Morgan fingerprint density at radius 2 is 2.42 bits per heavy atom. The Morgan fingerprint density at radius 1 is 1.83 bits per heavy atom. The van der Waals surface area contributed by atoms with E-state index in [1.807, 2.05) is 6.08 Å². The van der Waals surface area contributed by atoms with Crippen LogP contribution in [0.5, 0.6) is 0 Å². The summed E-state index contributed by atoms with van der Waals surface area (Å²) in [5.74, 6) is 3.49. The van der Waals surface area contributed by atoms with Crippen molar-refractivity contribution in [3.8, 4) is 0 Å². The van der Waals surface area contributed by atoms with Crippen molar-refractivity contribution in [2.75, 3.05) is 0 Å². The van der Waals surface area contributed by atoms with Gasteiger partial charge in [-0.05, 0) is 13.3 Å². The third-order valence-electron chi connectivity index (χ3n) is 2.14. The molecule has 70 valence electrons. The Bertz CT molecular complexity index is 271. The topological polar surface area (TPSA) is 17.1 Å². The molecule has 12 heavy (non-hydrogen) atoms. The van der Waals surface area contributed by atoms with Gasteiger partial charge in [-0.2, -0.15) is 5.87 Å². The molecule has 0 aliphatic heterocycles. The van der Waals surface area contributed by atoms with E-state index in [2.05, 4.69) is 5.87 Å². The van der Waals surface area contributed by atoms with Crippen molar-refractivity contribution in [1.29, 1.82) is 0 Å². The van der Waals surface area contributed by atoms with Crippen LogP contribution in [0, 0.1) is 0 Å². The zero-order valence-corrected chi connectivity index (χ0v) is 9.18. The Kier molecular flexibility index (Phi) is 3.13. The predicted molar refractivity (Wildman–Crippen MR) is 56.4 cm³/mol. The SMILES string of the molecule is C=[S-](=O)C1CCC=C(Cl)C1(C)Cl. The maximum absolute atomic E-state index is 11.2. The van der Waals surface area contributed by atoms with Gasteiger partial charge in [0.15, 0.2) is 0 Å². The number of allylic oxidation sites excluding steroid dienone is 2. The van der Waals surface area contributed by atoms with Crippen LogP contribution in [-0.2, 0) is 14.6 Å². The van der Waals surface area contributed by atoms with Crippen molar-refractivity contribution in [1.82, 2.24) is 0 Å². The molecule has 0 N–H and O–H groups in total. The van der Waals surface area contributed by atoms with Crippen molar-refractivity contribution < 1.29 is 4.21 Å². The standard InChI is InChI=1S/C8H11Cl2OS/c1-8(10)6(9)4-3-5-7(8)12(2)11/h4,7H,2-3,5H2,1H3/q-1. The van der Waals surface area contributed by atoms with Gasteiger partial charge in [0, 0.05) is 5.03 Å². The van der Waals surface area contributed by atoms with E-state index in [9.17, 15) is 4.21 Å². The summed E-state index contributed by atoms with van der Waals surface area (Å²) in [4.78, 5) is -0.688. The lowest BCUT2D eigenvalue weighted by Gasteiger charge is -2.38. The molecule has 1 rings (SSSR count). The third-order valence-corrected chi connectivity index (χ3v) is 4.72.